The second kappa shape index (κ2) is 5.64. The molecule has 1 aliphatic carbocycles. The number of fused-ring (bicyclic) bond motifs is 3. The van der Waals surface area contributed by atoms with Crippen LogP contribution in [0.25, 0.3) is 0 Å². The molecule has 0 amide bonds. The number of para-hydroxylation sites is 1. The van der Waals surface area contributed by atoms with Gasteiger partial charge in [0, 0.05) is 22.7 Å². The molecule has 1 aliphatic heterocycles. The molecule has 24 heavy (non-hydrogen) atoms. The minimum absolute atomic E-state index is 0.0843. The third kappa shape index (κ3) is 2.29. The average molecular weight is 341 g/mol. The summed E-state index contributed by atoms with van der Waals surface area (Å²) in [5, 5.41) is 15.8. The predicted molar refractivity (Wildman–Crippen MR) is 95.6 cm³/mol. The van der Waals surface area contributed by atoms with Gasteiger partial charge in [-0.2, -0.15) is 0 Å². The molecule has 0 aromatic heterocycles. The molecule has 2 aromatic rings. The van der Waals surface area contributed by atoms with Gasteiger partial charge in [-0.1, -0.05) is 42.0 Å². The Morgan fingerprint density at radius 2 is 2.04 bits per heavy atom. The maximum Gasteiger partial charge on any atom is 0.274 e. The SMILES string of the molecule is Cc1cc(Cl)cc2c1N[C@H](c1ccccc1[N+](=O)[O-])[C@H]1CC=C[C@H]21. The first-order chi connectivity index (χ1) is 11.6. The maximum absolute atomic E-state index is 11.5. The number of benzene rings is 2. The number of nitro benzene ring substituents is 1. The number of rotatable bonds is 2. The van der Waals surface area contributed by atoms with Gasteiger partial charge in [-0.25, -0.2) is 0 Å². The van der Waals surface area contributed by atoms with Gasteiger partial charge in [0.05, 0.1) is 16.5 Å². The molecule has 0 saturated heterocycles. The molecular formula is C19H17ClN2O2. The van der Waals surface area contributed by atoms with E-state index in [1.807, 2.05) is 31.2 Å². The average Bonchev–Trinajstić information content (AvgIpc) is 3.04. The van der Waals surface area contributed by atoms with Crippen molar-refractivity contribution < 1.29 is 4.92 Å². The molecule has 2 aliphatic rings. The fraction of sp³-hybridized carbons (Fsp3) is 0.263. The van der Waals surface area contributed by atoms with Crippen molar-refractivity contribution in [3.05, 3.63) is 80.4 Å². The van der Waals surface area contributed by atoms with Crippen molar-refractivity contribution in [2.75, 3.05) is 5.32 Å². The van der Waals surface area contributed by atoms with E-state index in [0.29, 0.717) is 0 Å². The van der Waals surface area contributed by atoms with Gasteiger partial charge >= 0.3 is 0 Å². The zero-order chi connectivity index (χ0) is 16.8. The highest BCUT2D eigenvalue weighted by molar-refractivity contribution is 6.30. The van der Waals surface area contributed by atoms with Gasteiger partial charge in [-0.3, -0.25) is 10.1 Å². The minimum atomic E-state index is -0.293. The van der Waals surface area contributed by atoms with Crippen molar-refractivity contribution >= 4 is 23.0 Å². The van der Waals surface area contributed by atoms with E-state index in [1.54, 1.807) is 12.1 Å². The number of anilines is 1. The zero-order valence-corrected chi connectivity index (χ0v) is 14.0. The third-order valence-corrected chi connectivity index (χ3v) is 5.32. The third-order valence-electron chi connectivity index (χ3n) is 5.10. The number of allylic oxidation sites excluding steroid dienone is 2. The first kappa shape index (κ1) is 15.2. The van der Waals surface area contributed by atoms with Crippen LogP contribution >= 0.6 is 11.6 Å². The summed E-state index contributed by atoms with van der Waals surface area (Å²) >= 11 is 6.25. The van der Waals surface area contributed by atoms with Crippen molar-refractivity contribution in [2.24, 2.45) is 5.92 Å². The second-order valence-corrected chi connectivity index (χ2v) is 6.91. The van der Waals surface area contributed by atoms with Crippen LogP contribution in [-0.4, -0.2) is 4.92 Å². The van der Waals surface area contributed by atoms with Gasteiger partial charge in [0.15, 0.2) is 0 Å². The fourth-order valence-corrected chi connectivity index (χ4v) is 4.35. The highest BCUT2D eigenvalue weighted by atomic mass is 35.5. The molecule has 1 N–H and O–H groups in total. The summed E-state index contributed by atoms with van der Waals surface area (Å²) in [4.78, 5) is 11.2. The van der Waals surface area contributed by atoms with Gasteiger partial charge in [-0.05, 0) is 42.5 Å². The fourth-order valence-electron chi connectivity index (χ4n) is 4.07. The Morgan fingerprint density at radius 1 is 1.25 bits per heavy atom. The lowest BCUT2D eigenvalue weighted by atomic mass is 9.76. The van der Waals surface area contributed by atoms with Crippen LogP contribution in [-0.2, 0) is 0 Å². The van der Waals surface area contributed by atoms with Gasteiger partial charge in [-0.15, -0.1) is 0 Å². The number of nitrogens with zero attached hydrogens (tertiary/aromatic N) is 1. The molecule has 0 saturated carbocycles. The normalized spacial score (nSPS) is 24.2. The summed E-state index contributed by atoms with van der Waals surface area (Å²) in [6, 6.07) is 10.9. The molecule has 0 radical (unpaired) electrons. The van der Waals surface area contributed by atoms with Gasteiger partial charge < -0.3 is 5.32 Å². The first-order valence-electron chi connectivity index (χ1n) is 8.03. The Morgan fingerprint density at radius 3 is 2.83 bits per heavy atom. The molecule has 4 rings (SSSR count). The molecule has 0 spiro atoms. The van der Waals surface area contributed by atoms with Crippen molar-refractivity contribution in [3.63, 3.8) is 0 Å². The minimum Gasteiger partial charge on any atom is -0.377 e. The van der Waals surface area contributed by atoms with E-state index in [0.717, 1.165) is 28.3 Å². The van der Waals surface area contributed by atoms with Crippen LogP contribution in [0.1, 0.15) is 35.1 Å². The molecule has 122 valence electrons. The van der Waals surface area contributed by atoms with E-state index in [9.17, 15) is 10.1 Å². The molecule has 0 fully saturated rings. The van der Waals surface area contributed by atoms with Crippen LogP contribution in [0.5, 0.6) is 0 Å². The summed E-state index contributed by atoms with van der Waals surface area (Å²) < 4.78 is 0. The van der Waals surface area contributed by atoms with E-state index in [4.69, 9.17) is 11.6 Å². The smallest absolute Gasteiger partial charge is 0.274 e. The predicted octanol–water partition coefficient (Wildman–Crippen LogP) is 5.38. The van der Waals surface area contributed by atoms with Crippen LogP contribution in [0.3, 0.4) is 0 Å². The number of halogens is 1. The Bertz CT molecular complexity index is 862. The standard InChI is InChI=1S/C19H17ClN2O2/c1-11-9-12(20)10-16-13-6-4-7-14(13)19(21-18(11)16)15-5-2-3-8-17(15)22(23)24/h2-6,8-10,13-14,19,21H,7H2,1H3/t13-,14-,19-/m0/s1. The summed E-state index contributed by atoms with van der Waals surface area (Å²) in [5.41, 5.74) is 4.24. The second-order valence-electron chi connectivity index (χ2n) is 6.48. The number of hydrogen-bond acceptors (Lipinski definition) is 3. The number of hydrogen-bond donors (Lipinski definition) is 1. The monoisotopic (exact) mass is 340 g/mol. The van der Waals surface area contributed by atoms with E-state index >= 15 is 0 Å². The maximum atomic E-state index is 11.5. The van der Waals surface area contributed by atoms with Crippen molar-refractivity contribution in [1.82, 2.24) is 0 Å². The zero-order valence-electron chi connectivity index (χ0n) is 13.2. The van der Waals surface area contributed by atoms with E-state index in [2.05, 4.69) is 17.5 Å². The number of nitro groups is 1. The van der Waals surface area contributed by atoms with Crippen LogP contribution in [0.4, 0.5) is 11.4 Å². The van der Waals surface area contributed by atoms with Crippen molar-refractivity contribution in [3.8, 4) is 0 Å². The van der Waals surface area contributed by atoms with Crippen LogP contribution in [0.15, 0.2) is 48.6 Å². The van der Waals surface area contributed by atoms with E-state index < -0.39 is 0 Å². The topological polar surface area (TPSA) is 55.2 Å². The lowest BCUT2D eigenvalue weighted by Gasteiger charge is -2.38. The highest BCUT2D eigenvalue weighted by Gasteiger charge is 2.40. The number of nitrogens with one attached hydrogen (secondary N) is 1. The summed E-state index contributed by atoms with van der Waals surface area (Å²) in [5.74, 6) is 0.500. The van der Waals surface area contributed by atoms with Crippen molar-refractivity contribution in [2.45, 2.75) is 25.3 Å². The molecule has 0 bridgehead atoms. The largest absolute Gasteiger partial charge is 0.377 e. The Balaban J connectivity index is 1.86. The molecule has 4 nitrogen and oxygen atoms in total. The molecule has 5 heteroatoms. The van der Waals surface area contributed by atoms with Gasteiger partial charge in [0.1, 0.15) is 0 Å². The van der Waals surface area contributed by atoms with E-state index in [1.165, 1.54) is 5.56 Å². The highest BCUT2D eigenvalue weighted by Crippen LogP contribution is 2.52. The van der Waals surface area contributed by atoms with Gasteiger partial charge in [0.25, 0.3) is 5.69 Å². The van der Waals surface area contributed by atoms with Crippen LogP contribution in [0, 0.1) is 23.0 Å². The Hall–Kier alpha value is -2.33. The van der Waals surface area contributed by atoms with E-state index in [-0.39, 0.29) is 28.5 Å². The lowest BCUT2D eigenvalue weighted by Crippen LogP contribution is -2.30. The Labute approximate surface area is 145 Å². The summed E-state index contributed by atoms with van der Waals surface area (Å²) in [6.07, 6.45) is 5.28. The summed E-state index contributed by atoms with van der Waals surface area (Å²) in [6.45, 7) is 2.02. The molecule has 3 atom stereocenters. The van der Waals surface area contributed by atoms with Gasteiger partial charge in [0.2, 0.25) is 0 Å². The van der Waals surface area contributed by atoms with Crippen molar-refractivity contribution in [1.29, 1.82) is 0 Å². The lowest BCUT2D eigenvalue weighted by molar-refractivity contribution is -0.385. The molecular weight excluding hydrogens is 324 g/mol. The first-order valence-corrected chi connectivity index (χ1v) is 8.40. The molecule has 0 unspecified atom stereocenters. The quantitative estimate of drug-likeness (QED) is 0.453. The molecule has 1 heterocycles. The Kier molecular flexibility index (Phi) is 3.57. The van der Waals surface area contributed by atoms with Crippen LogP contribution in [0.2, 0.25) is 5.02 Å². The summed E-state index contributed by atoms with van der Waals surface area (Å²) in [7, 11) is 0. The van der Waals surface area contributed by atoms with Crippen LogP contribution < -0.4 is 5.32 Å². The number of aryl methyl sites for hydroxylation is 1. The molecule has 2 aromatic carbocycles.